The lowest BCUT2D eigenvalue weighted by atomic mass is 9.65. The van der Waals surface area contributed by atoms with Gasteiger partial charge in [-0.05, 0) is 51.0 Å². The minimum Gasteiger partial charge on any atom is -0.481 e. The Morgan fingerprint density at radius 2 is 1.95 bits per heavy atom. The molecule has 0 aromatic rings. The van der Waals surface area contributed by atoms with Crippen LogP contribution in [0.1, 0.15) is 73.1 Å². The summed E-state index contributed by atoms with van der Waals surface area (Å²) in [5.74, 6) is -0.166. The Balaban J connectivity index is 2.89. The van der Waals surface area contributed by atoms with Gasteiger partial charge in [0.15, 0.2) is 0 Å². The molecule has 0 amide bonds. The second-order valence-electron chi connectivity index (χ2n) is 7.67. The Hall–Kier alpha value is -0.570. The third kappa shape index (κ3) is 4.45. The maximum Gasteiger partial charge on any atom is 0.308 e. The summed E-state index contributed by atoms with van der Waals surface area (Å²) in [4.78, 5) is 14.0. The van der Waals surface area contributed by atoms with Gasteiger partial charge in [0.2, 0.25) is 0 Å². The van der Waals surface area contributed by atoms with Gasteiger partial charge >= 0.3 is 5.97 Å². The molecule has 0 spiro atoms. The molecule has 21 heavy (non-hydrogen) atoms. The zero-order valence-electron chi connectivity index (χ0n) is 14.9. The Morgan fingerprint density at radius 3 is 2.43 bits per heavy atom. The second kappa shape index (κ2) is 7.62. The maximum atomic E-state index is 11.6. The number of carboxylic acids is 1. The highest BCUT2D eigenvalue weighted by Crippen LogP contribution is 2.43. The van der Waals surface area contributed by atoms with Crippen molar-refractivity contribution in [1.82, 2.24) is 4.90 Å². The number of carboxylic acid groups (broad SMARTS) is 1. The molecule has 1 fully saturated rings. The summed E-state index contributed by atoms with van der Waals surface area (Å²) >= 11 is 0. The van der Waals surface area contributed by atoms with E-state index < -0.39 is 5.97 Å². The Bertz CT molecular complexity index is 340. The third-order valence-corrected chi connectivity index (χ3v) is 6.08. The van der Waals surface area contributed by atoms with Gasteiger partial charge in [0.1, 0.15) is 0 Å². The molecule has 0 bridgehead atoms. The minimum absolute atomic E-state index is 0.189. The van der Waals surface area contributed by atoms with Gasteiger partial charge in [-0.1, -0.05) is 40.5 Å². The first-order valence-corrected chi connectivity index (χ1v) is 8.69. The van der Waals surface area contributed by atoms with E-state index in [0.29, 0.717) is 17.4 Å². The molecule has 4 atom stereocenters. The van der Waals surface area contributed by atoms with Gasteiger partial charge in [0.25, 0.3) is 0 Å². The van der Waals surface area contributed by atoms with Gasteiger partial charge in [-0.3, -0.25) is 9.69 Å². The van der Waals surface area contributed by atoms with Crippen LogP contribution >= 0.6 is 0 Å². The van der Waals surface area contributed by atoms with Crippen LogP contribution in [0.2, 0.25) is 0 Å². The van der Waals surface area contributed by atoms with Crippen LogP contribution in [0.15, 0.2) is 0 Å². The van der Waals surface area contributed by atoms with Crippen molar-refractivity contribution in [2.24, 2.45) is 17.3 Å². The van der Waals surface area contributed by atoms with Crippen molar-refractivity contribution >= 4 is 5.97 Å². The first kappa shape index (κ1) is 18.5. The molecule has 0 saturated heterocycles. The van der Waals surface area contributed by atoms with Gasteiger partial charge in [0, 0.05) is 12.1 Å². The fraction of sp³-hybridized carbons (Fsp3) is 0.944. The molecule has 1 rings (SSSR count). The van der Waals surface area contributed by atoms with Crippen molar-refractivity contribution in [3.63, 3.8) is 0 Å². The Kier molecular flexibility index (Phi) is 6.71. The van der Waals surface area contributed by atoms with Crippen LogP contribution in [0.5, 0.6) is 0 Å². The van der Waals surface area contributed by atoms with E-state index in [9.17, 15) is 9.90 Å². The molecular formula is C18H35NO2. The molecule has 1 saturated carbocycles. The smallest absolute Gasteiger partial charge is 0.308 e. The van der Waals surface area contributed by atoms with E-state index in [2.05, 4.69) is 46.6 Å². The van der Waals surface area contributed by atoms with E-state index in [0.717, 1.165) is 38.5 Å². The van der Waals surface area contributed by atoms with Crippen LogP contribution in [0.4, 0.5) is 0 Å². The van der Waals surface area contributed by atoms with Gasteiger partial charge in [-0.15, -0.1) is 0 Å². The molecule has 3 nitrogen and oxygen atoms in total. The van der Waals surface area contributed by atoms with Crippen molar-refractivity contribution in [3.05, 3.63) is 0 Å². The zero-order valence-corrected chi connectivity index (χ0v) is 14.9. The standard InChI is InChI=1S/C18H35NO2/c1-7-9-13(3)19(6)16-12-14(18(4,5)8-2)10-11-15(16)17(20)21/h13-16H,7-12H2,1-6H3,(H,20,21). The molecule has 1 aliphatic rings. The van der Waals surface area contributed by atoms with Crippen LogP contribution in [0.25, 0.3) is 0 Å². The molecule has 0 heterocycles. The quantitative estimate of drug-likeness (QED) is 0.756. The van der Waals surface area contributed by atoms with E-state index >= 15 is 0 Å². The summed E-state index contributed by atoms with van der Waals surface area (Å²) in [5, 5.41) is 9.59. The van der Waals surface area contributed by atoms with E-state index in [1.807, 2.05) is 0 Å². The van der Waals surface area contributed by atoms with Crippen LogP contribution < -0.4 is 0 Å². The maximum absolute atomic E-state index is 11.6. The summed E-state index contributed by atoms with van der Waals surface area (Å²) in [6, 6.07) is 0.652. The normalized spacial score (nSPS) is 28.6. The summed E-state index contributed by atoms with van der Waals surface area (Å²) in [7, 11) is 2.13. The fourth-order valence-electron chi connectivity index (χ4n) is 3.83. The van der Waals surface area contributed by atoms with Crippen molar-refractivity contribution in [2.75, 3.05) is 7.05 Å². The van der Waals surface area contributed by atoms with Crippen molar-refractivity contribution in [1.29, 1.82) is 0 Å². The van der Waals surface area contributed by atoms with Gasteiger partial charge in [-0.2, -0.15) is 0 Å². The molecule has 0 aromatic heterocycles. The fourth-order valence-corrected chi connectivity index (χ4v) is 3.83. The molecule has 1 N–H and O–H groups in total. The average molecular weight is 297 g/mol. The lowest BCUT2D eigenvalue weighted by Crippen LogP contribution is -2.50. The molecule has 124 valence electrons. The summed E-state index contributed by atoms with van der Waals surface area (Å²) in [6.07, 6.45) is 6.38. The summed E-state index contributed by atoms with van der Waals surface area (Å²) in [6.45, 7) is 11.4. The first-order chi connectivity index (χ1) is 9.74. The highest BCUT2D eigenvalue weighted by Gasteiger charge is 2.42. The SMILES string of the molecule is CCCC(C)N(C)C1CC(C(C)(C)CC)CCC1C(=O)O. The lowest BCUT2D eigenvalue weighted by molar-refractivity contribution is -0.147. The third-order valence-electron chi connectivity index (χ3n) is 6.08. The second-order valence-corrected chi connectivity index (χ2v) is 7.67. The molecule has 4 unspecified atom stereocenters. The minimum atomic E-state index is -0.608. The van der Waals surface area contributed by atoms with E-state index in [1.54, 1.807) is 0 Å². The highest BCUT2D eigenvalue weighted by molar-refractivity contribution is 5.71. The largest absolute Gasteiger partial charge is 0.481 e. The predicted octanol–water partition coefficient (Wildman–Crippen LogP) is 4.41. The number of hydrogen-bond donors (Lipinski definition) is 1. The van der Waals surface area contributed by atoms with Crippen molar-refractivity contribution < 1.29 is 9.90 Å². The monoisotopic (exact) mass is 297 g/mol. The summed E-state index contributed by atoms with van der Waals surface area (Å²) < 4.78 is 0. The number of nitrogens with zero attached hydrogens (tertiary/aromatic N) is 1. The summed E-state index contributed by atoms with van der Waals surface area (Å²) in [5.41, 5.74) is 0.316. The molecular weight excluding hydrogens is 262 g/mol. The van der Waals surface area contributed by atoms with Gasteiger partial charge in [-0.25, -0.2) is 0 Å². The molecule has 0 radical (unpaired) electrons. The Labute approximate surface area is 131 Å². The van der Waals surface area contributed by atoms with Crippen molar-refractivity contribution in [3.8, 4) is 0 Å². The van der Waals surface area contributed by atoms with Crippen molar-refractivity contribution in [2.45, 2.75) is 85.2 Å². The number of hydrogen-bond acceptors (Lipinski definition) is 2. The topological polar surface area (TPSA) is 40.5 Å². The molecule has 3 heteroatoms. The zero-order chi connectivity index (χ0) is 16.2. The first-order valence-electron chi connectivity index (χ1n) is 8.69. The number of carbonyl (C=O) groups is 1. The van der Waals surface area contributed by atoms with Crippen LogP contribution in [-0.2, 0) is 4.79 Å². The molecule has 0 aromatic carbocycles. The number of aliphatic carboxylic acids is 1. The average Bonchev–Trinajstić information content (AvgIpc) is 2.45. The highest BCUT2D eigenvalue weighted by atomic mass is 16.4. The van der Waals surface area contributed by atoms with E-state index in [4.69, 9.17) is 0 Å². The molecule has 0 aliphatic heterocycles. The predicted molar refractivity (Wildman–Crippen MR) is 88.5 cm³/mol. The van der Waals surface area contributed by atoms with Gasteiger partial charge in [0.05, 0.1) is 5.92 Å². The van der Waals surface area contributed by atoms with Crippen LogP contribution in [0, 0.1) is 17.3 Å². The van der Waals surface area contributed by atoms with E-state index in [1.165, 1.54) is 0 Å². The van der Waals surface area contributed by atoms with Crippen LogP contribution in [-0.4, -0.2) is 35.1 Å². The van der Waals surface area contributed by atoms with Gasteiger partial charge < -0.3 is 5.11 Å². The number of rotatable bonds is 7. The van der Waals surface area contributed by atoms with Crippen LogP contribution in [0.3, 0.4) is 0 Å². The Morgan fingerprint density at radius 1 is 1.33 bits per heavy atom. The lowest BCUT2D eigenvalue weighted by Gasteiger charge is -2.46. The van der Waals surface area contributed by atoms with E-state index in [-0.39, 0.29) is 12.0 Å². The molecule has 1 aliphatic carbocycles.